The summed E-state index contributed by atoms with van der Waals surface area (Å²) in [4.78, 5) is 35.8. The van der Waals surface area contributed by atoms with E-state index in [2.05, 4.69) is 16.0 Å². The number of hydrogen-bond acceptors (Lipinski definition) is 4. The second-order valence-corrected chi connectivity index (χ2v) is 6.90. The molecule has 0 aliphatic carbocycles. The van der Waals surface area contributed by atoms with Crippen molar-refractivity contribution in [2.75, 3.05) is 11.9 Å². The van der Waals surface area contributed by atoms with Gasteiger partial charge in [0.05, 0.1) is 6.61 Å². The molecule has 4 amide bonds. The molecule has 0 bridgehead atoms. The van der Waals surface area contributed by atoms with Gasteiger partial charge in [-0.2, -0.15) is 0 Å². The van der Waals surface area contributed by atoms with Crippen LogP contribution in [-0.4, -0.2) is 24.5 Å². The van der Waals surface area contributed by atoms with Crippen molar-refractivity contribution >= 4 is 29.6 Å². The van der Waals surface area contributed by atoms with Gasteiger partial charge in [0.1, 0.15) is 11.3 Å². The van der Waals surface area contributed by atoms with Crippen molar-refractivity contribution < 1.29 is 19.1 Å². The van der Waals surface area contributed by atoms with E-state index in [1.165, 1.54) is 6.08 Å². The highest BCUT2D eigenvalue weighted by Gasteiger charge is 2.43. The topological polar surface area (TPSA) is 96.5 Å². The molecule has 4 rings (SSSR count). The summed E-state index contributed by atoms with van der Waals surface area (Å²) < 4.78 is 5.48. The third-order valence-corrected chi connectivity index (χ3v) is 4.89. The molecule has 0 saturated carbocycles. The number of carbonyl (C=O) groups excluding carboxylic acids is 3. The van der Waals surface area contributed by atoms with Gasteiger partial charge in [-0.15, -0.1) is 0 Å². The maximum absolute atomic E-state index is 12.3. The summed E-state index contributed by atoms with van der Waals surface area (Å²) in [5.74, 6) is 0.176. The van der Waals surface area contributed by atoms with Gasteiger partial charge < -0.3 is 15.4 Å². The lowest BCUT2D eigenvalue weighted by atomic mass is 9.92. The molecule has 28 heavy (non-hydrogen) atoms. The highest BCUT2D eigenvalue weighted by molar-refractivity contribution is 6.07. The largest absolute Gasteiger partial charge is 0.493 e. The average molecular weight is 377 g/mol. The van der Waals surface area contributed by atoms with E-state index in [1.807, 2.05) is 18.2 Å². The third kappa shape index (κ3) is 3.34. The Morgan fingerprint density at radius 2 is 2.07 bits per heavy atom. The standard InChI is InChI=1S/C21H19N3O4/c1-21(19(26)23-20(27)24-21)15-3-2-4-16(12-15)22-18(25)8-6-13-5-7-17-14(11-13)9-10-28-17/h2-8,11-12H,9-10H2,1H3,(H,22,25)(H2,23,24,26,27)/b8-6+. The molecule has 3 N–H and O–H groups in total. The number of hydrogen-bond donors (Lipinski definition) is 3. The predicted molar refractivity (Wildman–Crippen MR) is 104 cm³/mol. The highest BCUT2D eigenvalue weighted by Crippen LogP contribution is 2.27. The van der Waals surface area contributed by atoms with E-state index >= 15 is 0 Å². The van der Waals surface area contributed by atoms with Gasteiger partial charge in [0.15, 0.2) is 0 Å². The maximum Gasteiger partial charge on any atom is 0.322 e. The van der Waals surface area contributed by atoms with Gasteiger partial charge in [0.25, 0.3) is 5.91 Å². The number of imide groups is 1. The zero-order chi connectivity index (χ0) is 19.7. The van der Waals surface area contributed by atoms with Crippen LogP contribution < -0.4 is 20.7 Å². The lowest BCUT2D eigenvalue weighted by Gasteiger charge is -2.21. The molecular weight excluding hydrogens is 358 g/mol. The molecule has 2 aliphatic heterocycles. The number of amides is 4. The Bertz CT molecular complexity index is 1010. The number of ether oxygens (including phenoxy) is 1. The molecule has 7 nitrogen and oxygen atoms in total. The molecule has 142 valence electrons. The molecule has 1 saturated heterocycles. The lowest BCUT2D eigenvalue weighted by Crippen LogP contribution is -2.40. The van der Waals surface area contributed by atoms with E-state index in [0.717, 1.165) is 23.3 Å². The molecule has 1 atom stereocenters. The van der Waals surface area contributed by atoms with Crippen LogP contribution >= 0.6 is 0 Å². The first-order valence-electron chi connectivity index (χ1n) is 8.93. The molecular formula is C21H19N3O4. The summed E-state index contributed by atoms with van der Waals surface area (Å²) in [5.41, 5.74) is 2.01. The van der Waals surface area contributed by atoms with Crippen LogP contribution in [0.2, 0.25) is 0 Å². The Morgan fingerprint density at radius 1 is 1.21 bits per heavy atom. The quantitative estimate of drug-likeness (QED) is 0.563. The Balaban J connectivity index is 1.46. The fraction of sp³-hybridized carbons (Fsp3) is 0.190. The van der Waals surface area contributed by atoms with Gasteiger partial charge in [-0.3, -0.25) is 14.9 Å². The van der Waals surface area contributed by atoms with Crippen LogP contribution in [0.4, 0.5) is 10.5 Å². The number of carbonyl (C=O) groups is 3. The minimum atomic E-state index is -1.17. The zero-order valence-corrected chi connectivity index (χ0v) is 15.2. The molecule has 2 aromatic carbocycles. The van der Waals surface area contributed by atoms with Crippen molar-refractivity contribution in [3.8, 4) is 5.75 Å². The third-order valence-electron chi connectivity index (χ3n) is 4.89. The smallest absolute Gasteiger partial charge is 0.322 e. The number of rotatable bonds is 4. The van der Waals surface area contributed by atoms with Gasteiger partial charge in [-0.1, -0.05) is 18.2 Å². The Morgan fingerprint density at radius 3 is 2.86 bits per heavy atom. The first-order valence-corrected chi connectivity index (χ1v) is 8.93. The van der Waals surface area contributed by atoms with Crippen LogP contribution in [0.1, 0.15) is 23.6 Å². The molecule has 0 radical (unpaired) electrons. The van der Waals surface area contributed by atoms with Crippen LogP contribution in [-0.2, 0) is 21.5 Å². The molecule has 2 aromatic rings. The molecule has 7 heteroatoms. The summed E-state index contributed by atoms with van der Waals surface area (Å²) in [6, 6.07) is 12.1. The van der Waals surface area contributed by atoms with E-state index in [9.17, 15) is 14.4 Å². The number of anilines is 1. The number of fused-ring (bicyclic) bond motifs is 1. The van der Waals surface area contributed by atoms with Crippen molar-refractivity contribution in [3.63, 3.8) is 0 Å². The van der Waals surface area contributed by atoms with E-state index in [-0.39, 0.29) is 5.91 Å². The molecule has 0 spiro atoms. The van der Waals surface area contributed by atoms with E-state index in [4.69, 9.17) is 4.74 Å². The zero-order valence-electron chi connectivity index (χ0n) is 15.2. The molecule has 1 fully saturated rings. The molecule has 0 aromatic heterocycles. The van der Waals surface area contributed by atoms with Gasteiger partial charge in [-0.05, 0) is 54.0 Å². The first-order chi connectivity index (χ1) is 13.4. The Hall–Kier alpha value is -3.61. The van der Waals surface area contributed by atoms with E-state index in [0.29, 0.717) is 17.9 Å². The Kier molecular flexibility index (Phi) is 4.35. The molecule has 2 heterocycles. The maximum atomic E-state index is 12.3. The number of nitrogens with one attached hydrogen (secondary N) is 3. The van der Waals surface area contributed by atoms with Crippen molar-refractivity contribution in [2.24, 2.45) is 0 Å². The summed E-state index contributed by atoms with van der Waals surface area (Å²) >= 11 is 0. The van der Waals surface area contributed by atoms with Crippen molar-refractivity contribution in [2.45, 2.75) is 18.9 Å². The average Bonchev–Trinajstić information content (AvgIpc) is 3.24. The SMILES string of the molecule is CC1(c2cccc(NC(=O)/C=C/c3ccc4c(c3)CCO4)c2)NC(=O)NC1=O. The van der Waals surface area contributed by atoms with Gasteiger partial charge >= 0.3 is 6.03 Å². The van der Waals surface area contributed by atoms with Gasteiger partial charge in [0.2, 0.25) is 5.91 Å². The van der Waals surface area contributed by atoms with Crippen molar-refractivity contribution in [1.29, 1.82) is 0 Å². The second-order valence-electron chi connectivity index (χ2n) is 6.90. The summed E-state index contributed by atoms with van der Waals surface area (Å²) in [6.07, 6.45) is 4.07. The minimum absolute atomic E-state index is 0.293. The van der Waals surface area contributed by atoms with Crippen molar-refractivity contribution in [3.05, 3.63) is 65.2 Å². The van der Waals surface area contributed by atoms with E-state index < -0.39 is 17.5 Å². The number of benzene rings is 2. The van der Waals surface area contributed by atoms with Crippen LogP contribution in [0, 0.1) is 0 Å². The number of urea groups is 1. The monoisotopic (exact) mass is 377 g/mol. The van der Waals surface area contributed by atoms with Crippen LogP contribution in [0.5, 0.6) is 5.75 Å². The Labute approximate surface area is 161 Å². The normalized spacial score (nSPS) is 20.5. The summed E-state index contributed by atoms with van der Waals surface area (Å²) in [6.45, 7) is 2.31. The van der Waals surface area contributed by atoms with E-state index in [1.54, 1.807) is 37.3 Å². The lowest BCUT2D eigenvalue weighted by molar-refractivity contribution is -0.123. The predicted octanol–water partition coefficient (Wildman–Crippen LogP) is 2.33. The summed E-state index contributed by atoms with van der Waals surface area (Å²) in [7, 11) is 0. The van der Waals surface area contributed by atoms with Gasteiger partial charge in [0, 0.05) is 18.2 Å². The van der Waals surface area contributed by atoms with Crippen LogP contribution in [0.15, 0.2) is 48.5 Å². The fourth-order valence-electron chi connectivity index (χ4n) is 3.32. The molecule has 1 unspecified atom stereocenters. The van der Waals surface area contributed by atoms with Gasteiger partial charge in [-0.25, -0.2) is 4.79 Å². The highest BCUT2D eigenvalue weighted by atomic mass is 16.5. The second kappa shape index (κ2) is 6.84. The van der Waals surface area contributed by atoms with Crippen LogP contribution in [0.3, 0.4) is 0 Å². The van der Waals surface area contributed by atoms with Crippen LogP contribution in [0.25, 0.3) is 6.08 Å². The summed E-state index contributed by atoms with van der Waals surface area (Å²) in [5, 5.41) is 7.61. The van der Waals surface area contributed by atoms with Crippen molar-refractivity contribution in [1.82, 2.24) is 10.6 Å². The first kappa shape index (κ1) is 17.8. The minimum Gasteiger partial charge on any atom is -0.493 e. The fourth-order valence-corrected chi connectivity index (χ4v) is 3.32. The molecule has 2 aliphatic rings.